The summed E-state index contributed by atoms with van der Waals surface area (Å²) in [6.45, 7) is -1.71. The van der Waals surface area contributed by atoms with Crippen LogP contribution in [0.4, 0.5) is 23.8 Å². The van der Waals surface area contributed by atoms with Gasteiger partial charge >= 0.3 is 12.3 Å². The van der Waals surface area contributed by atoms with Gasteiger partial charge in [0.2, 0.25) is 0 Å². The summed E-state index contributed by atoms with van der Waals surface area (Å²) in [5.74, 6) is -0.237. The number of hydrogen-bond acceptors (Lipinski definition) is 4. The van der Waals surface area contributed by atoms with Crippen LogP contribution in [0.5, 0.6) is 0 Å². The van der Waals surface area contributed by atoms with E-state index in [-0.39, 0.29) is 16.0 Å². The average molecular weight is 290 g/mol. The third-order valence-corrected chi connectivity index (χ3v) is 2.08. The molecule has 0 aromatic carbocycles. The molecule has 0 aliphatic rings. The van der Waals surface area contributed by atoms with Crippen molar-refractivity contribution in [1.29, 1.82) is 0 Å². The quantitative estimate of drug-likeness (QED) is 0.850. The van der Waals surface area contributed by atoms with Crippen molar-refractivity contribution in [3.63, 3.8) is 0 Å². The fourth-order valence-electron chi connectivity index (χ4n) is 0.716. The van der Waals surface area contributed by atoms with Crippen molar-refractivity contribution in [1.82, 2.24) is 9.97 Å². The predicted molar refractivity (Wildman–Crippen MR) is 53.1 cm³/mol. The highest BCUT2D eigenvalue weighted by molar-refractivity contribution is 6.42. The lowest BCUT2D eigenvalue weighted by Gasteiger charge is -2.09. The van der Waals surface area contributed by atoms with Gasteiger partial charge in [-0.1, -0.05) is 23.2 Å². The predicted octanol–water partition coefficient (Wildman–Crippen LogP) is 2.89. The summed E-state index contributed by atoms with van der Waals surface area (Å²) in [6.07, 6.45) is -4.98. The molecule has 0 bridgehead atoms. The van der Waals surface area contributed by atoms with Crippen LogP contribution >= 0.6 is 23.2 Å². The summed E-state index contributed by atoms with van der Waals surface area (Å²) >= 11 is 11.1. The summed E-state index contributed by atoms with van der Waals surface area (Å²) in [5, 5.41) is 1.55. The topological polar surface area (TPSA) is 64.1 Å². The van der Waals surface area contributed by atoms with Crippen LogP contribution in [0.3, 0.4) is 0 Å². The highest BCUT2D eigenvalue weighted by Crippen LogP contribution is 2.25. The minimum atomic E-state index is -4.61. The zero-order valence-electron chi connectivity index (χ0n) is 7.89. The van der Waals surface area contributed by atoms with Gasteiger partial charge in [0.1, 0.15) is 11.3 Å². The maximum atomic E-state index is 11.7. The molecule has 0 fully saturated rings. The number of nitrogens with one attached hydrogen (secondary N) is 1. The van der Waals surface area contributed by atoms with Gasteiger partial charge in [0.25, 0.3) is 0 Å². The van der Waals surface area contributed by atoms with Gasteiger partial charge in [-0.25, -0.2) is 14.8 Å². The van der Waals surface area contributed by atoms with Crippen molar-refractivity contribution in [2.45, 2.75) is 6.18 Å². The van der Waals surface area contributed by atoms with Crippen molar-refractivity contribution < 1.29 is 22.7 Å². The Labute approximate surface area is 103 Å². The van der Waals surface area contributed by atoms with Crippen LogP contribution in [0.2, 0.25) is 10.2 Å². The smallest absolute Gasteiger partial charge is 0.422 e. The Morgan fingerprint density at radius 1 is 1.41 bits per heavy atom. The highest BCUT2D eigenvalue weighted by Gasteiger charge is 2.29. The molecule has 0 aliphatic heterocycles. The summed E-state index contributed by atoms with van der Waals surface area (Å²) in [7, 11) is 0. The fourth-order valence-corrected chi connectivity index (χ4v) is 0.994. The number of amides is 1. The number of nitrogens with zero attached hydrogens (tertiary/aromatic N) is 2. The zero-order valence-corrected chi connectivity index (χ0v) is 9.40. The van der Waals surface area contributed by atoms with E-state index < -0.39 is 18.9 Å². The van der Waals surface area contributed by atoms with Crippen molar-refractivity contribution in [3.05, 3.63) is 16.5 Å². The number of aromatic nitrogens is 2. The van der Waals surface area contributed by atoms with Gasteiger partial charge in [0.15, 0.2) is 17.6 Å². The Bertz CT molecular complexity index is 427. The van der Waals surface area contributed by atoms with Crippen molar-refractivity contribution in [2.24, 2.45) is 0 Å². The van der Waals surface area contributed by atoms with Gasteiger partial charge in [-0.2, -0.15) is 13.2 Å². The molecule has 1 aromatic rings. The maximum Gasteiger partial charge on any atom is 0.422 e. The molecule has 1 rings (SSSR count). The first-order valence-corrected chi connectivity index (χ1v) is 4.71. The first-order chi connectivity index (χ1) is 7.79. The van der Waals surface area contributed by atoms with Gasteiger partial charge in [-0.3, -0.25) is 5.32 Å². The summed E-state index contributed by atoms with van der Waals surface area (Å²) in [4.78, 5) is 17.9. The number of anilines is 1. The molecule has 0 unspecified atom stereocenters. The monoisotopic (exact) mass is 289 g/mol. The van der Waals surface area contributed by atoms with Crippen LogP contribution in [-0.4, -0.2) is 28.8 Å². The van der Waals surface area contributed by atoms with Crippen molar-refractivity contribution >= 4 is 35.1 Å². The molecule has 1 N–H and O–H groups in total. The number of carbonyl (C=O) groups is 1. The minimum absolute atomic E-state index is 0.146. The second-order valence-corrected chi connectivity index (χ2v) is 3.38. The number of alkyl halides is 3. The number of halogens is 5. The lowest BCUT2D eigenvalue weighted by Crippen LogP contribution is -2.23. The van der Waals surface area contributed by atoms with Crippen molar-refractivity contribution in [2.75, 3.05) is 11.9 Å². The minimum Gasteiger partial charge on any atom is -0.440 e. The molecule has 0 saturated heterocycles. The molecule has 17 heavy (non-hydrogen) atoms. The average Bonchev–Trinajstić information content (AvgIpc) is 2.21. The SMILES string of the molecule is O=C(Nc1ncnc(Cl)c1Cl)OCC(F)(F)F. The molecule has 1 aromatic heterocycles. The highest BCUT2D eigenvalue weighted by atomic mass is 35.5. The Morgan fingerprint density at radius 2 is 2.06 bits per heavy atom. The van der Waals surface area contributed by atoms with E-state index in [0.29, 0.717) is 0 Å². The molecule has 5 nitrogen and oxygen atoms in total. The third kappa shape index (κ3) is 4.61. The van der Waals surface area contributed by atoms with Crippen LogP contribution < -0.4 is 5.32 Å². The van der Waals surface area contributed by atoms with E-state index in [9.17, 15) is 18.0 Å². The van der Waals surface area contributed by atoms with Gasteiger partial charge in [-0.05, 0) is 0 Å². The van der Waals surface area contributed by atoms with Crippen LogP contribution in [0, 0.1) is 0 Å². The van der Waals surface area contributed by atoms with E-state index in [2.05, 4.69) is 14.7 Å². The molecule has 94 valence electrons. The molecule has 1 amide bonds. The summed E-state index contributed by atoms with van der Waals surface area (Å²) < 4.78 is 39.0. The standard InChI is InChI=1S/C7H4Cl2F3N3O2/c8-3-4(9)13-2-14-5(3)15-6(16)17-1-7(10,11)12/h2H,1H2,(H,13,14,15,16). The number of carbonyl (C=O) groups excluding carboxylic acids is 1. The Morgan fingerprint density at radius 3 is 2.65 bits per heavy atom. The molecule has 0 aliphatic carbocycles. The maximum absolute atomic E-state index is 11.7. The number of rotatable bonds is 2. The molecule has 0 saturated carbocycles. The van der Waals surface area contributed by atoms with Gasteiger partial charge in [-0.15, -0.1) is 0 Å². The first-order valence-electron chi connectivity index (χ1n) is 3.96. The van der Waals surface area contributed by atoms with Crippen LogP contribution in [0.1, 0.15) is 0 Å². The fraction of sp³-hybridized carbons (Fsp3) is 0.286. The normalized spacial score (nSPS) is 11.1. The Hall–Kier alpha value is -1.28. The molecule has 0 spiro atoms. The van der Waals surface area contributed by atoms with E-state index in [1.807, 2.05) is 5.32 Å². The Kier molecular flexibility index (Phi) is 4.35. The lowest BCUT2D eigenvalue weighted by molar-refractivity contribution is -0.159. The van der Waals surface area contributed by atoms with Gasteiger partial charge < -0.3 is 4.74 Å². The van der Waals surface area contributed by atoms with E-state index in [1.54, 1.807) is 0 Å². The largest absolute Gasteiger partial charge is 0.440 e. The van der Waals surface area contributed by atoms with E-state index in [1.165, 1.54) is 0 Å². The van der Waals surface area contributed by atoms with E-state index in [4.69, 9.17) is 23.2 Å². The third-order valence-electron chi connectivity index (χ3n) is 1.33. The molecular weight excluding hydrogens is 286 g/mol. The second-order valence-electron chi connectivity index (χ2n) is 2.64. The van der Waals surface area contributed by atoms with Gasteiger partial charge in [0.05, 0.1) is 0 Å². The zero-order chi connectivity index (χ0) is 13.1. The summed E-state index contributed by atoms with van der Waals surface area (Å²) in [5.41, 5.74) is 0. The van der Waals surface area contributed by atoms with Crippen LogP contribution in [0.25, 0.3) is 0 Å². The van der Waals surface area contributed by atoms with E-state index in [0.717, 1.165) is 6.33 Å². The molecular formula is C7H4Cl2F3N3O2. The first kappa shape index (κ1) is 13.8. The van der Waals surface area contributed by atoms with Crippen molar-refractivity contribution in [3.8, 4) is 0 Å². The Balaban J connectivity index is 2.60. The summed E-state index contributed by atoms with van der Waals surface area (Å²) in [6, 6.07) is 0. The molecule has 0 atom stereocenters. The molecule has 10 heteroatoms. The lowest BCUT2D eigenvalue weighted by atomic mass is 10.6. The van der Waals surface area contributed by atoms with Gasteiger partial charge in [0, 0.05) is 0 Å². The molecule has 1 heterocycles. The number of ether oxygens (including phenoxy) is 1. The molecule has 0 radical (unpaired) electrons. The van der Waals surface area contributed by atoms with Crippen LogP contribution in [0.15, 0.2) is 6.33 Å². The second kappa shape index (κ2) is 5.37. The van der Waals surface area contributed by atoms with E-state index >= 15 is 0 Å². The number of hydrogen-bond donors (Lipinski definition) is 1. The van der Waals surface area contributed by atoms with Crippen LogP contribution in [-0.2, 0) is 4.74 Å².